The normalized spacial score (nSPS) is 18.1. The molecule has 0 radical (unpaired) electrons. The summed E-state index contributed by atoms with van der Waals surface area (Å²) in [4.78, 5) is 30.8. The molecule has 0 fully saturated rings. The smallest absolute Gasteiger partial charge is 0.343 e. The molecule has 2 aliphatic rings. The first-order chi connectivity index (χ1) is 16.9. The summed E-state index contributed by atoms with van der Waals surface area (Å²) in [5, 5.41) is 15.4. The molecule has 1 atom stereocenters. The Bertz CT molecular complexity index is 1580. The van der Waals surface area contributed by atoms with Gasteiger partial charge in [-0.25, -0.2) is 14.2 Å². The Kier molecular flexibility index (Phi) is 4.76. The average molecular weight is 471 g/mol. The fourth-order valence-electron chi connectivity index (χ4n) is 5.07. The molecule has 4 heterocycles. The van der Waals surface area contributed by atoms with Crippen molar-refractivity contribution in [3.8, 4) is 11.4 Å². The van der Waals surface area contributed by atoms with Crippen molar-refractivity contribution in [3.63, 3.8) is 0 Å². The second kappa shape index (κ2) is 7.74. The Morgan fingerprint density at radius 3 is 2.69 bits per heavy atom. The summed E-state index contributed by atoms with van der Waals surface area (Å²) < 4.78 is 20.1. The summed E-state index contributed by atoms with van der Waals surface area (Å²) in [5.74, 6) is -1.05. The first-order valence-electron chi connectivity index (χ1n) is 11.5. The van der Waals surface area contributed by atoms with Gasteiger partial charge in [-0.15, -0.1) is 0 Å². The van der Waals surface area contributed by atoms with Gasteiger partial charge in [-0.2, -0.15) is 0 Å². The number of para-hydroxylation sites is 1. The van der Waals surface area contributed by atoms with Crippen molar-refractivity contribution < 1.29 is 19.0 Å². The van der Waals surface area contributed by atoms with E-state index in [0.29, 0.717) is 35.6 Å². The van der Waals surface area contributed by atoms with Gasteiger partial charge in [-0.1, -0.05) is 25.1 Å². The van der Waals surface area contributed by atoms with Crippen LogP contribution in [0.4, 0.5) is 10.1 Å². The van der Waals surface area contributed by atoms with Gasteiger partial charge in [0.15, 0.2) is 5.60 Å². The number of fused-ring (bicyclic) bond motifs is 5. The number of benzene rings is 2. The van der Waals surface area contributed by atoms with Crippen molar-refractivity contribution in [3.05, 3.63) is 93.0 Å². The highest BCUT2D eigenvalue weighted by Gasteiger charge is 2.45. The van der Waals surface area contributed by atoms with Gasteiger partial charge in [0, 0.05) is 28.7 Å². The number of nitrogens with one attached hydrogen (secondary N) is 1. The Morgan fingerprint density at radius 2 is 1.91 bits per heavy atom. The van der Waals surface area contributed by atoms with Crippen molar-refractivity contribution in [1.29, 1.82) is 0 Å². The largest absolute Gasteiger partial charge is 0.458 e. The van der Waals surface area contributed by atoms with Crippen LogP contribution in [0.25, 0.3) is 22.3 Å². The minimum atomic E-state index is -1.87. The molecular formula is C27H22FN3O4. The number of aliphatic hydroxyl groups is 1. The number of esters is 1. The first-order valence-corrected chi connectivity index (χ1v) is 11.5. The summed E-state index contributed by atoms with van der Waals surface area (Å²) in [6.45, 7) is 2.27. The molecular weight excluding hydrogens is 449 g/mol. The van der Waals surface area contributed by atoms with Gasteiger partial charge in [0.2, 0.25) is 0 Å². The summed E-state index contributed by atoms with van der Waals surface area (Å²) in [7, 11) is 0. The van der Waals surface area contributed by atoms with Crippen molar-refractivity contribution in [1.82, 2.24) is 9.55 Å². The fourth-order valence-corrected chi connectivity index (χ4v) is 5.07. The number of carbonyl (C=O) groups is 1. The van der Waals surface area contributed by atoms with Crippen LogP contribution in [0, 0.1) is 5.82 Å². The van der Waals surface area contributed by atoms with E-state index in [9.17, 15) is 19.1 Å². The maximum atomic E-state index is 13.5. The number of carbonyl (C=O) groups excluding carboxylic acids is 1. The second-order valence-electron chi connectivity index (χ2n) is 8.90. The highest BCUT2D eigenvalue weighted by Crippen LogP contribution is 2.40. The third kappa shape index (κ3) is 3.17. The number of aromatic nitrogens is 2. The van der Waals surface area contributed by atoms with Gasteiger partial charge in [-0.05, 0) is 48.4 Å². The number of anilines is 1. The molecule has 8 heteroatoms. The van der Waals surface area contributed by atoms with Crippen molar-refractivity contribution in [2.24, 2.45) is 0 Å². The monoisotopic (exact) mass is 471 g/mol. The van der Waals surface area contributed by atoms with E-state index in [-0.39, 0.29) is 24.4 Å². The molecule has 176 valence electrons. The highest BCUT2D eigenvalue weighted by molar-refractivity contribution is 5.89. The lowest BCUT2D eigenvalue weighted by molar-refractivity contribution is -0.172. The maximum Gasteiger partial charge on any atom is 0.343 e. The number of hydrogen-bond donors (Lipinski definition) is 2. The lowest BCUT2D eigenvalue weighted by Crippen LogP contribution is -2.44. The zero-order valence-electron chi connectivity index (χ0n) is 19.0. The van der Waals surface area contributed by atoms with Gasteiger partial charge in [-0.3, -0.25) is 4.79 Å². The average Bonchev–Trinajstić information content (AvgIpc) is 3.24. The number of halogens is 1. The molecule has 0 saturated carbocycles. The molecule has 0 unspecified atom stereocenters. The quantitative estimate of drug-likeness (QED) is 0.387. The van der Waals surface area contributed by atoms with E-state index < -0.39 is 11.6 Å². The van der Waals surface area contributed by atoms with Crippen LogP contribution in [0.15, 0.2) is 59.4 Å². The Balaban J connectivity index is 1.53. The fraction of sp³-hybridized carbons (Fsp3) is 0.222. The Hall–Kier alpha value is -4.04. The summed E-state index contributed by atoms with van der Waals surface area (Å²) in [6, 6.07) is 15.6. The molecule has 35 heavy (non-hydrogen) atoms. The van der Waals surface area contributed by atoms with Gasteiger partial charge in [0.1, 0.15) is 12.4 Å². The van der Waals surface area contributed by atoms with E-state index in [1.54, 1.807) is 29.7 Å². The number of nitrogens with zero attached hydrogens (tertiary/aromatic N) is 2. The molecule has 0 amide bonds. The molecule has 0 aliphatic carbocycles. The topological polar surface area (TPSA) is 93.5 Å². The third-order valence-electron chi connectivity index (χ3n) is 7.03. The SMILES string of the molecule is CC[C@@]1(O)C(=O)OCc2c1cc1n(c2=O)Cc2c-1nc1ccccc1c2CNc1ccc(F)cc1. The van der Waals surface area contributed by atoms with E-state index in [4.69, 9.17) is 9.72 Å². The van der Waals surface area contributed by atoms with Crippen molar-refractivity contribution in [2.45, 2.75) is 38.6 Å². The standard InChI is InChI=1S/C27H22FN3O4/c1-2-27(34)21-11-23-24-19(13-31(23)25(32)20(21)14-35-26(27)33)18(17-5-3-4-6-22(17)30-24)12-29-16-9-7-15(28)8-10-16/h3-11,29,34H,2,12-14H2,1H3/t27-/m0/s1. The Morgan fingerprint density at radius 1 is 1.14 bits per heavy atom. The summed E-state index contributed by atoms with van der Waals surface area (Å²) in [5.41, 5.74) is 3.06. The number of ether oxygens (including phenoxy) is 1. The number of cyclic esters (lactones) is 1. The van der Waals surface area contributed by atoms with Crippen molar-refractivity contribution in [2.75, 3.05) is 5.32 Å². The predicted molar refractivity (Wildman–Crippen MR) is 128 cm³/mol. The van der Waals surface area contributed by atoms with Gasteiger partial charge in [0.25, 0.3) is 5.56 Å². The van der Waals surface area contributed by atoms with Crippen LogP contribution in [0.5, 0.6) is 0 Å². The van der Waals surface area contributed by atoms with E-state index >= 15 is 0 Å². The zero-order chi connectivity index (χ0) is 24.3. The summed E-state index contributed by atoms with van der Waals surface area (Å²) in [6.07, 6.45) is 0.0899. The summed E-state index contributed by atoms with van der Waals surface area (Å²) >= 11 is 0. The van der Waals surface area contributed by atoms with E-state index in [0.717, 1.165) is 27.7 Å². The Labute approximate surface area is 199 Å². The molecule has 6 rings (SSSR count). The number of pyridine rings is 2. The molecule has 2 N–H and O–H groups in total. The third-order valence-corrected chi connectivity index (χ3v) is 7.03. The van der Waals surface area contributed by atoms with Crippen LogP contribution >= 0.6 is 0 Å². The van der Waals surface area contributed by atoms with Gasteiger partial charge < -0.3 is 19.7 Å². The molecule has 4 aromatic rings. The molecule has 2 aliphatic heterocycles. The molecule has 2 aromatic carbocycles. The van der Waals surface area contributed by atoms with E-state index in [1.165, 1.54) is 12.1 Å². The van der Waals surface area contributed by atoms with Crippen LogP contribution in [0.1, 0.15) is 35.6 Å². The minimum absolute atomic E-state index is 0.0899. The van der Waals surface area contributed by atoms with Crippen LogP contribution in [-0.4, -0.2) is 20.6 Å². The zero-order valence-corrected chi connectivity index (χ0v) is 19.0. The van der Waals surface area contributed by atoms with Crippen LogP contribution in [0.2, 0.25) is 0 Å². The molecule has 7 nitrogen and oxygen atoms in total. The van der Waals surface area contributed by atoms with E-state index in [1.807, 2.05) is 24.3 Å². The van der Waals surface area contributed by atoms with Crippen LogP contribution < -0.4 is 10.9 Å². The van der Waals surface area contributed by atoms with Crippen LogP contribution in [0.3, 0.4) is 0 Å². The minimum Gasteiger partial charge on any atom is -0.458 e. The lowest BCUT2D eigenvalue weighted by Gasteiger charge is -2.31. The highest BCUT2D eigenvalue weighted by atomic mass is 19.1. The van der Waals surface area contributed by atoms with Crippen LogP contribution in [-0.2, 0) is 34.8 Å². The number of rotatable bonds is 4. The van der Waals surface area contributed by atoms with Gasteiger partial charge >= 0.3 is 5.97 Å². The van der Waals surface area contributed by atoms with Crippen molar-refractivity contribution >= 4 is 22.6 Å². The molecule has 2 aromatic heterocycles. The lowest BCUT2D eigenvalue weighted by atomic mass is 9.86. The molecule has 0 spiro atoms. The van der Waals surface area contributed by atoms with E-state index in [2.05, 4.69) is 5.32 Å². The predicted octanol–water partition coefficient (Wildman–Crippen LogP) is 3.83. The molecule has 0 saturated heterocycles. The number of hydrogen-bond acceptors (Lipinski definition) is 6. The van der Waals surface area contributed by atoms with Gasteiger partial charge in [0.05, 0.1) is 29.0 Å². The molecule has 0 bridgehead atoms. The first kappa shape index (κ1) is 21.5. The maximum absolute atomic E-state index is 13.5. The second-order valence-corrected chi connectivity index (χ2v) is 8.90.